The second kappa shape index (κ2) is 9.69. The van der Waals surface area contributed by atoms with Crippen LogP contribution in [0.15, 0.2) is 54.6 Å². The zero-order valence-electron chi connectivity index (χ0n) is 16.7. The van der Waals surface area contributed by atoms with Crippen LogP contribution in [0.1, 0.15) is 28.4 Å². The Morgan fingerprint density at radius 3 is 2.33 bits per heavy atom. The van der Waals surface area contributed by atoms with Crippen molar-refractivity contribution in [2.75, 3.05) is 19.7 Å². The molecular weight excluding hydrogens is 386 g/mol. The molecule has 156 valence electrons. The molecule has 2 aromatic carbocycles. The number of imide groups is 1. The zero-order chi connectivity index (χ0) is 21.5. The summed E-state index contributed by atoms with van der Waals surface area (Å²) in [6.07, 6.45) is 0. The van der Waals surface area contributed by atoms with Crippen molar-refractivity contribution in [1.82, 2.24) is 15.1 Å². The van der Waals surface area contributed by atoms with Gasteiger partial charge in [0, 0.05) is 13.1 Å². The van der Waals surface area contributed by atoms with Gasteiger partial charge in [0.2, 0.25) is 5.91 Å². The molecular formula is C22H23N3O5. The van der Waals surface area contributed by atoms with Crippen molar-refractivity contribution in [1.29, 1.82) is 0 Å². The summed E-state index contributed by atoms with van der Waals surface area (Å²) in [7, 11) is 0. The lowest BCUT2D eigenvalue weighted by molar-refractivity contribution is -0.135. The summed E-state index contributed by atoms with van der Waals surface area (Å²) >= 11 is 0. The minimum atomic E-state index is -0.611. The topological polar surface area (TPSA) is 96.0 Å². The van der Waals surface area contributed by atoms with E-state index < -0.39 is 12.0 Å². The Balaban J connectivity index is 1.52. The Hall–Kier alpha value is -3.68. The predicted octanol–water partition coefficient (Wildman–Crippen LogP) is 1.94. The molecule has 0 atom stereocenters. The van der Waals surface area contributed by atoms with E-state index in [1.54, 1.807) is 29.2 Å². The fourth-order valence-corrected chi connectivity index (χ4v) is 3.03. The second-order valence-corrected chi connectivity index (χ2v) is 6.81. The molecule has 8 nitrogen and oxygen atoms in total. The summed E-state index contributed by atoms with van der Waals surface area (Å²) < 4.78 is 5.16. The molecule has 0 radical (unpaired) electrons. The quantitative estimate of drug-likeness (QED) is 0.531. The number of ether oxygens (including phenoxy) is 1. The summed E-state index contributed by atoms with van der Waals surface area (Å²) in [6.45, 7) is 2.60. The Kier molecular flexibility index (Phi) is 6.79. The lowest BCUT2D eigenvalue weighted by Crippen LogP contribution is -2.34. The van der Waals surface area contributed by atoms with E-state index in [1.165, 1.54) is 0 Å². The number of esters is 1. The number of urea groups is 1. The number of amides is 4. The predicted molar refractivity (Wildman–Crippen MR) is 108 cm³/mol. The van der Waals surface area contributed by atoms with Gasteiger partial charge in [0.15, 0.2) is 6.61 Å². The van der Waals surface area contributed by atoms with Crippen LogP contribution in [0, 0.1) is 0 Å². The molecule has 0 unspecified atom stereocenters. The number of rotatable bonds is 8. The molecule has 30 heavy (non-hydrogen) atoms. The molecule has 1 saturated heterocycles. The molecule has 0 aromatic heterocycles. The summed E-state index contributed by atoms with van der Waals surface area (Å²) in [5.41, 5.74) is 1.99. The first kappa shape index (κ1) is 21.0. The number of carbonyl (C=O) groups is 4. The molecule has 1 aliphatic heterocycles. The van der Waals surface area contributed by atoms with E-state index in [0.29, 0.717) is 18.7 Å². The second-order valence-electron chi connectivity index (χ2n) is 6.81. The maximum atomic E-state index is 12.4. The third-order valence-electron chi connectivity index (χ3n) is 4.74. The first-order valence-electron chi connectivity index (χ1n) is 9.64. The standard InChI is InChI=1S/C22H23N3O5/c1-2-24(13-16-6-4-3-5-7-16)20(27)15-30-21(28)18-10-8-17(9-11-18)14-25-19(26)12-23-22(25)29/h3-11H,2,12-15H2,1H3,(H,23,29). The lowest BCUT2D eigenvalue weighted by Gasteiger charge is -2.20. The van der Waals surface area contributed by atoms with Crippen molar-refractivity contribution >= 4 is 23.8 Å². The highest BCUT2D eigenvalue weighted by Crippen LogP contribution is 2.12. The summed E-state index contributed by atoms with van der Waals surface area (Å²) in [6, 6.07) is 15.5. The summed E-state index contributed by atoms with van der Waals surface area (Å²) in [5, 5.41) is 2.45. The van der Waals surface area contributed by atoms with Crippen molar-refractivity contribution in [2.45, 2.75) is 20.0 Å². The van der Waals surface area contributed by atoms with Crippen LogP contribution in [0.4, 0.5) is 4.79 Å². The summed E-state index contributed by atoms with van der Waals surface area (Å²) in [4.78, 5) is 50.6. The van der Waals surface area contributed by atoms with Crippen LogP contribution < -0.4 is 5.32 Å². The summed E-state index contributed by atoms with van der Waals surface area (Å²) in [5.74, 6) is -1.18. The van der Waals surface area contributed by atoms with Crippen LogP contribution in [0.2, 0.25) is 0 Å². The highest BCUT2D eigenvalue weighted by atomic mass is 16.5. The van der Waals surface area contributed by atoms with Gasteiger partial charge in [-0.2, -0.15) is 0 Å². The van der Waals surface area contributed by atoms with E-state index in [1.807, 2.05) is 37.3 Å². The van der Waals surface area contributed by atoms with E-state index in [-0.39, 0.29) is 37.1 Å². The molecule has 1 aliphatic rings. The van der Waals surface area contributed by atoms with Crippen molar-refractivity contribution in [3.05, 3.63) is 71.3 Å². The Morgan fingerprint density at radius 2 is 1.73 bits per heavy atom. The Labute approximate surface area is 174 Å². The van der Waals surface area contributed by atoms with Crippen molar-refractivity contribution in [2.24, 2.45) is 0 Å². The monoisotopic (exact) mass is 409 g/mol. The highest BCUT2D eigenvalue weighted by Gasteiger charge is 2.28. The van der Waals surface area contributed by atoms with Crippen molar-refractivity contribution in [3.63, 3.8) is 0 Å². The highest BCUT2D eigenvalue weighted by molar-refractivity contribution is 6.01. The minimum Gasteiger partial charge on any atom is -0.452 e. The van der Waals surface area contributed by atoms with Gasteiger partial charge in [-0.3, -0.25) is 14.5 Å². The van der Waals surface area contributed by atoms with Crippen LogP contribution >= 0.6 is 0 Å². The SMILES string of the molecule is CCN(Cc1ccccc1)C(=O)COC(=O)c1ccc(CN2C(=O)CNC2=O)cc1. The molecule has 0 saturated carbocycles. The van der Waals surface area contributed by atoms with Crippen molar-refractivity contribution in [3.8, 4) is 0 Å². The number of likely N-dealkylation sites (N-methyl/N-ethyl adjacent to an activating group) is 1. The third kappa shape index (κ3) is 5.22. The average molecular weight is 409 g/mol. The molecule has 1 heterocycles. The van der Waals surface area contributed by atoms with Gasteiger partial charge in [-0.15, -0.1) is 0 Å². The van der Waals surface area contributed by atoms with E-state index in [9.17, 15) is 19.2 Å². The maximum Gasteiger partial charge on any atom is 0.338 e. The first-order chi connectivity index (χ1) is 14.5. The number of benzene rings is 2. The number of carbonyl (C=O) groups excluding carboxylic acids is 4. The van der Waals surface area contributed by atoms with Gasteiger partial charge < -0.3 is 15.0 Å². The number of hydrogen-bond donors (Lipinski definition) is 1. The van der Waals surface area contributed by atoms with Gasteiger partial charge in [-0.05, 0) is 30.2 Å². The van der Waals surface area contributed by atoms with Crippen LogP contribution in [0.25, 0.3) is 0 Å². The Morgan fingerprint density at radius 1 is 1.03 bits per heavy atom. The van der Waals surface area contributed by atoms with Gasteiger partial charge in [0.25, 0.3) is 5.91 Å². The fourth-order valence-electron chi connectivity index (χ4n) is 3.03. The van der Waals surface area contributed by atoms with E-state index in [4.69, 9.17) is 4.74 Å². The third-order valence-corrected chi connectivity index (χ3v) is 4.74. The molecule has 4 amide bonds. The number of nitrogens with zero attached hydrogens (tertiary/aromatic N) is 2. The molecule has 1 fully saturated rings. The molecule has 0 aliphatic carbocycles. The largest absolute Gasteiger partial charge is 0.452 e. The molecule has 0 bridgehead atoms. The number of hydrogen-bond acceptors (Lipinski definition) is 5. The fraction of sp³-hybridized carbons (Fsp3) is 0.273. The van der Waals surface area contributed by atoms with Crippen LogP contribution in [0.5, 0.6) is 0 Å². The molecule has 1 N–H and O–H groups in total. The lowest BCUT2D eigenvalue weighted by atomic mass is 10.1. The zero-order valence-corrected chi connectivity index (χ0v) is 16.7. The Bertz CT molecular complexity index is 912. The normalized spacial score (nSPS) is 13.2. The van der Waals surface area contributed by atoms with Gasteiger partial charge in [-0.1, -0.05) is 42.5 Å². The smallest absolute Gasteiger partial charge is 0.338 e. The average Bonchev–Trinajstić information content (AvgIpc) is 3.08. The van der Waals surface area contributed by atoms with E-state index in [2.05, 4.69) is 5.32 Å². The van der Waals surface area contributed by atoms with Gasteiger partial charge in [0.1, 0.15) is 0 Å². The van der Waals surface area contributed by atoms with Crippen molar-refractivity contribution < 1.29 is 23.9 Å². The van der Waals surface area contributed by atoms with E-state index >= 15 is 0 Å². The minimum absolute atomic E-state index is 0.00365. The van der Waals surface area contributed by atoms with Crippen LogP contribution in [0.3, 0.4) is 0 Å². The van der Waals surface area contributed by atoms with E-state index in [0.717, 1.165) is 10.5 Å². The first-order valence-corrected chi connectivity index (χ1v) is 9.64. The number of nitrogens with one attached hydrogen (secondary N) is 1. The van der Waals surface area contributed by atoms with Gasteiger partial charge >= 0.3 is 12.0 Å². The van der Waals surface area contributed by atoms with Gasteiger partial charge in [0.05, 0.1) is 18.7 Å². The van der Waals surface area contributed by atoms with Crippen LogP contribution in [-0.4, -0.2) is 53.3 Å². The molecule has 2 aromatic rings. The van der Waals surface area contributed by atoms with Gasteiger partial charge in [-0.25, -0.2) is 9.59 Å². The maximum absolute atomic E-state index is 12.4. The van der Waals surface area contributed by atoms with Crippen LogP contribution in [-0.2, 0) is 27.4 Å². The molecule has 8 heteroatoms. The molecule has 0 spiro atoms. The molecule has 3 rings (SSSR count).